The van der Waals surface area contributed by atoms with E-state index < -0.39 is 0 Å². The van der Waals surface area contributed by atoms with Crippen molar-refractivity contribution >= 4 is 11.6 Å². The smallest absolute Gasteiger partial charge is 0.0408 e. The van der Waals surface area contributed by atoms with Crippen LogP contribution in [0.4, 0.5) is 0 Å². The molecular weight excluding hydrogens is 194 g/mol. The summed E-state index contributed by atoms with van der Waals surface area (Å²) in [6.45, 7) is 4.20. The van der Waals surface area contributed by atoms with Gasteiger partial charge in [-0.1, -0.05) is 17.7 Å². The number of hydrogen-bond donors (Lipinski definition) is 1. The number of hydrogen-bond acceptors (Lipinski definition) is 1. The molecule has 2 heteroatoms. The first-order valence-corrected chi connectivity index (χ1v) is 5.41. The summed E-state index contributed by atoms with van der Waals surface area (Å²) in [5.74, 6) is 0.552. The molecule has 0 fully saturated rings. The lowest BCUT2D eigenvalue weighted by Crippen LogP contribution is -2.41. The highest BCUT2D eigenvalue weighted by Gasteiger charge is 2.31. The lowest BCUT2D eigenvalue weighted by Gasteiger charge is -2.26. The molecule has 0 aliphatic heterocycles. The second-order valence-corrected chi connectivity index (χ2v) is 5.28. The summed E-state index contributed by atoms with van der Waals surface area (Å²) in [4.78, 5) is 0. The van der Waals surface area contributed by atoms with Crippen molar-refractivity contribution in [2.24, 2.45) is 11.7 Å². The van der Waals surface area contributed by atoms with Gasteiger partial charge in [-0.05, 0) is 55.9 Å². The van der Waals surface area contributed by atoms with Crippen LogP contribution in [0, 0.1) is 5.92 Å². The normalized spacial score (nSPS) is 21.0. The summed E-state index contributed by atoms with van der Waals surface area (Å²) in [6, 6.07) is 6.17. The Balaban J connectivity index is 2.26. The molecule has 1 aromatic carbocycles. The van der Waals surface area contributed by atoms with Gasteiger partial charge < -0.3 is 5.73 Å². The Morgan fingerprint density at radius 2 is 1.93 bits per heavy atom. The summed E-state index contributed by atoms with van der Waals surface area (Å²) in [7, 11) is 0. The van der Waals surface area contributed by atoms with Gasteiger partial charge in [0.1, 0.15) is 0 Å². The van der Waals surface area contributed by atoms with Crippen molar-refractivity contribution in [2.75, 3.05) is 0 Å². The van der Waals surface area contributed by atoms with E-state index in [1.807, 2.05) is 6.07 Å². The molecule has 0 heterocycles. The Morgan fingerprint density at radius 1 is 1.29 bits per heavy atom. The maximum absolute atomic E-state index is 6.13. The first kappa shape index (κ1) is 10.0. The van der Waals surface area contributed by atoms with E-state index in [1.54, 1.807) is 0 Å². The molecular formula is C12H16ClN. The molecule has 0 aromatic heterocycles. The van der Waals surface area contributed by atoms with Gasteiger partial charge in [0.25, 0.3) is 0 Å². The summed E-state index contributed by atoms with van der Waals surface area (Å²) in [6.07, 6.45) is 2.16. The van der Waals surface area contributed by atoms with Crippen LogP contribution in [0.2, 0.25) is 5.02 Å². The lowest BCUT2D eigenvalue weighted by atomic mass is 9.86. The number of rotatable bonds is 1. The number of benzene rings is 1. The molecule has 76 valence electrons. The third kappa shape index (κ3) is 1.79. The van der Waals surface area contributed by atoms with Crippen molar-refractivity contribution < 1.29 is 0 Å². The molecule has 0 saturated heterocycles. The predicted octanol–water partition coefficient (Wildman–Crippen LogP) is 2.79. The first-order chi connectivity index (χ1) is 6.47. The molecule has 2 N–H and O–H groups in total. The van der Waals surface area contributed by atoms with Crippen molar-refractivity contribution in [3.63, 3.8) is 0 Å². The highest BCUT2D eigenvalue weighted by Crippen LogP contribution is 2.33. The minimum absolute atomic E-state index is 0.0918. The van der Waals surface area contributed by atoms with Crippen LogP contribution in [0.1, 0.15) is 25.0 Å². The zero-order valence-corrected chi connectivity index (χ0v) is 9.43. The zero-order valence-electron chi connectivity index (χ0n) is 8.68. The summed E-state index contributed by atoms with van der Waals surface area (Å²) in [5, 5.41) is 0.833. The summed E-state index contributed by atoms with van der Waals surface area (Å²) in [5.41, 5.74) is 8.82. The molecule has 0 bridgehead atoms. The summed E-state index contributed by atoms with van der Waals surface area (Å²) >= 11 is 5.95. The molecule has 2 rings (SSSR count). The predicted molar refractivity (Wildman–Crippen MR) is 60.6 cm³/mol. The van der Waals surface area contributed by atoms with Crippen molar-refractivity contribution in [1.29, 1.82) is 0 Å². The largest absolute Gasteiger partial charge is 0.325 e. The van der Waals surface area contributed by atoms with Crippen LogP contribution >= 0.6 is 11.6 Å². The van der Waals surface area contributed by atoms with Gasteiger partial charge in [-0.3, -0.25) is 0 Å². The van der Waals surface area contributed by atoms with Crippen molar-refractivity contribution in [1.82, 2.24) is 0 Å². The molecule has 0 amide bonds. The van der Waals surface area contributed by atoms with Crippen LogP contribution in [-0.4, -0.2) is 5.54 Å². The Bertz CT molecular complexity index is 352. The average Bonchev–Trinajstić information content (AvgIpc) is 2.45. The third-order valence-electron chi connectivity index (χ3n) is 3.15. The van der Waals surface area contributed by atoms with Crippen LogP contribution in [0.15, 0.2) is 18.2 Å². The van der Waals surface area contributed by atoms with E-state index in [1.165, 1.54) is 11.1 Å². The van der Waals surface area contributed by atoms with Crippen molar-refractivity contribution in [3.8, 4) is 0 Å². The molecule has 1 nitrogen and oxygen atoms in total. The minimum Gasteiger partial charge on any atom is -0.325 e. The van der Waals surface area contributed by atoms with Gasteiger partial charge in [-0.15, -0.1) is 0 Å². The molecule has 1 unspecified atom stereocenters. The number of halogens is 1. The highest BCUT2D eigenvalue weighted by molar-refractivity contribution is 6.30. The maximum Gasteiger partial charge on any atom is 0.0408 e. The summed E-state index contributed by atoms with van der Waals surface area (Å²) < 4.78 is 0. The van der Waals surface area contributed by atoms with Gasteiger partial charge in [0.15, 0.2) is 0 Å². The van der Waals surface area contributed by atoms with Crippen LogP contribution in [0.5, 0.6) is 0 Å². The molecule has 0 spiro atoms. The highest BCUT2D eigenvalue weighted by atomic mass is 35.5. The number of fused-ring (bicyclic) bond motifs is 1. The van der Waals surface area contributed by atoms with Crippen LogP contribution in [0.25, 0.3) is 0 Å². The molecule has 1 atom stereocenters. The molecule has 1 aliphatic carbocycles. The van der Waals surface area contributed by atoms with Crippen LogP contribution in [-0.2, 0) is 12.8 Å². The van der Waals surface area contributed by atoms with E-state index in [-0.39, 0.29) is 5.54 Å². The fourth-order valence-electron chi connectivity index (χ4n) is 2.11. The molecule has 14 heavy (non-hydrogen) atoms. The van der Waals surface area contributed by atoms with Gasteiger partial charge in [0, 0.05) is 10.6 Å². The molecule has 1 aromatic rings. The molecule has 0 radical (unpaired) electrons. The van der Waals surface area contributed by atoms with Gasteiger partial charge in [0.2, 0.25) is 0 Å². The molecule has 1 aliphatic rings. The molecule has 0 saturated carbocycles. The zero-order chi connectivity index (χ0) is 10.3. The standard InChI is InChI=1S/C12H16ClN/c1-12(2,14)10-5-8-3-4-11(13)7-9(8)6-10/h3-4,7,10H,5-6,14H2,1-2H3. The number of nitrogens with two attached hydrogens (primary N) is 1. The minimum atomic E-state index is -0.0918. The SMILES string of the molecule is CC(C)(N)C1Cc2ccc(Cl)cc2C1. The van der Waals surface area contributed by atoms with E-state index >= 15 is 0 Å². The topological polar surface area (TPSA) is 26.0 Å². The van der Waals surface area contributed by atoms with E-state index in [9.17, 15) is 0 Å². The third-order valence-corrected chi connectivity index (χ3v) is 3.39. The Labute approximate surface area is 90.3 Å². The van der Waals surface area contributed by atoms with Gasteiger partial charge in [-0.25, -0.2) is 0 Å². The Kier molecular flexibility index (Phi) is 2.32. The average molecular weight is 210 g/mol. The fourth-order valence-corrected chi connectivity index (χ4v) is 2.31. The van der Waals surface area contributed by atoms with E-state index in [0.29, 0.717) is 5.92 Å². The van der Waals surface area contributed by atoms with Gasteiger partial charge >= 0.3 is 0 Å². The van der Waals surface area contributed by atoms with E-state index in [4.69, 9.17) is 17.3 Å². The Morgan fingerprint density at radius 3 is 2.57 bits per heavy atom. The first-order valence-electron chi connectivity index (χ1n) is 5.03. The van der Waals surface area contributed by atoms with Crippen molar-refractivity contribution in [3.05, 3.63) is 34.3 Å². The van der Waals surface area contributed by atoms with E-state index in [2.05, 4.69) is 26.0 Å². The van der Waals surface area contributed by atoms with Gasteiger partial charge in [-0.2, -0.15) is 0 Å². The van der Waals surface area contributed by atoms with Crippen LogP contribution < -0.4 is 5.73 Å². The fraction of sp³-hybridized carbons (Fsp3) is 0.500. The Hall–Kier alpha value is -0.530. The second-order valence-electron chi connectivity index (χ2n) is 4.84. The van der Waals surface area contributed by atoms with E-state index in [0.717, 1.165) is 17.9 Å². The quantitative estimate of drug-likeness (QED) is 0.757. The van der Waals surface area contributed by atoms with Crippen LogP contribution in [0.3, 0.4) is 0 Å². The lowest BCUT2D eigenvalue weighted by molar-refractivity contribution is 0.334. The monoisotopic (exact) mass is 209 g/mol. The second kappa shape index (κ2) is 3.25. The van der Waals surface area contributed by atoms with Crippen molar-refractivity contribution in [2.45, 2.75) is 32.2 Å². The maximum atomic E-state index is 6.13. The van der Waals surface area contributed by atoms with Gasteiger partial charge in [0.05, 0.1) is 0 Å².